The summed E-state index contributed by atoms with van der Waals surface area (Å²) < 4.78 is 43.5. The molecule has 0 radical (unpaired) electrons. The summed E-state index contributed by atoms with van der Waals surface area (Å²) in [7, 11) is -4.43. The van der Waals surface area contributed by atoms with Crippen LogP contribution in [0.1, 0.15) is 18.1 Å². The Balaban J connectivity index is 1.83. The molecule has 1 N–H and O–H groups in total. The number of nitrogens with one attached hydrogen (secondary N) is 1. The first-order valence-corrected chi connectivity index (χ1v) is 15.2. The second-order valence-electron chi connectivity index (χ2n) is 9.81. The Morgan fingerprint density at radius 1 is 0.909 bits per heavy atom. The van der Waals surface area contributed by atoms with Crippen molar-refractivity contribution in [1.82, 2.24) is 10.2 Å². The zero-order chi connectivity index (χ0) is 31.7. The van der Waals surface area contributed by atoms with Gasteiger partial charge in [-0.25, -0.2) is 12.8 Å². The Labute approximate surface area is 254 Å². The van der Waals surface area contributed by atoms with E-state index in [0.717, 1.165) is 20.8 Å². The molecular formula is C32H31FN4O6S. The highest BCUT2D eigenvalue weighted by Crippen LogP contribution is 2.28. The fourth-order valence-corrected chi connectivity index (χ4v) is 6.09. The lowest BCUT2D eigenvalue weighted by Gasteiger charge is -2.33. The first-order chi connectivity index (χ1) is 21.1. The van der Waals surface area contributed by atoms with Gasteiger partial charge in [-0.05, 0) is 36.8 Å². The molecule has 0 aromatic heterocycles. The second-order valence-corrected chi connectivity index (χ2v) is 11.7. The van der Waals surface area contributed by atoms with Gasteiger partial charge in [0.1, 0.15) is 18.4 Å². The molecule has 0 aliphatic heterocycles. The maximum Gasteiger partial charge on any atom is 0.271 e. The molecule has 4 aromatic carbocycles. The van der Waals surface area contributed by atoms with Crippen molar-refractivity contribution in [2.45, 2.75) is 30.8 Å². The van der Waals surface area contributed by atoms with E-state index >= 15 is 0 Å². The predicted molar refractivity (Wildman–Crippen MR) is 164 cm³/mol. The number of anilines is 1. The predicted octanol–water partition coefficient (Wildman–Crippen LogP) is 4.71. The van der Waals surface area contributed by atoms with Crippen LogP contribution in [0.25, 0.3) is 0 Å². The number of nitrogens with zero attached hydrogens (tertiary/aromatic N) is 3. The normalized spacial score (nSPS) is 11.8. The van der Waals surface area contributed by atoms with Crippen LogP contribution < -0.4 is 9.62 Å². The van der Waals surface area contributed by atoms with Crippen molar-refractivity contribution in [2.75, 3.05) is 17.4 Å². The number of nitro groups is 1. The molecule has 2 amide bonds. The van der Waals surface area contributed by atoms with E-state index in [0.29, 0.717) is 0 Å². The van der Waals surface area contributed by atoms with E-state index in [-0.39, 0.29) is 41.3 Å². The number of rotatable bonds is 13. The molecule has 44 heavy (non-hydrogen) atoms. The third kappa shape index (κ3) is 7.64. The number of sulfonamides is 1. The Bertz CT molecular complexity index is 1720. The number of nitro benzene ring substituents is 1. The van der Waals surface area contributed by atoms with Crippen LogP contribution in [0.2, 0.25) is 0 Å². The lowest BCUT2D eigenvalue weighted by molar-refractivity contribution is -0.384. The summed E-state index contributed by atoms with van der Waals surface area (Å²) in [4.78, 5) is 39.6. The van der Waals surface area contributed by atoms with Gasteiger partial charge in [-0.3, -0.25) is 24.0 Å². The molecule has 0 saturated heterocycles. The van der Waals surface area contributed by atoms with Crippen molar-refractivity contribution in [1.29, 1.82) is 0 Å². The quantitative estimate of drug-likeness (QED) is 0.171. The van der Waals surface area contributed by atoms with Crippen LogP contribution in [0, 0.1) is 15.9 Å². The number of hydrogen-bond donors (Lipinski definition) is 1. The van der Waals surface area contributed by atoms with Crippen LogP contribution in [-0.2, 0) is 32.6 Å². The van der Waals surface area contributed by atoms with Gasteiger partial charge in [0.2, 0.25) is 11.8 Å². The maximum atomic E-state index is 14.9. The van der Waals surface area contributed by atoms with Gasteiger partial charge in [-0.15, -0.1) is 0 Å². The molecule has 12 heteroatoms. The molecule has 228 valence electrons. The second kappa shape index (κ2) is 14.4. The molecule has 0 fully saturated rings. The SMILES string of the molecule is CCNC(=O)C(Cc1ccccc1)N(Cc1ccccc1F)C(=O)CN(c1cccc([N+](=O)[O-])c1)S(=O)(=O)c1ccccc1. The lowest BCUT2D eigenvalue weighted by atomic mass is 10.0. The average Bonchev–Trinajstić information content (AvgIpc) is 3.03. The van der Waals surface area contributed by atoms with E-state index in [2.05, 4.69) is 5.32 Å². The van der Waals surface area contributed by atoms with Crippen molar-refractivity contribution in [2.24, 2.45) is 0 Å². The zero-order valence-corrected chi connectivity index (χ0v) is 24.7. The Kier molecular flexibility index (Phi) is 10.4. The summed E-state index contributed by atoms with van der Waals surface area (Å²) in [6.45, 7) is 0.816. The smallest absolute Gasteiger partial charge is 0.271 e. The summed E-state index contributed by atoms with van der Waals surface area (Å²) >= 11 is 0. The fraction of sp³-hybridized carbons (Fsp3) is 0.188. The third-order valence-electron chi connectivity index (χ3n) is 6.86. The minimum absolute atomic E-state index is 0.0646. The van der Waals surface area contributed by atoms with Crippen LogP contribution in [0.4, 0.5) is 15.8 Å². The maximum absolute atomic E-state index is 14.9. The van der Waals surface area contributed by atoms with Crippen molar-refractivity contribution in [3.05, 3.63) is 136 Å². The molecular weight excluding hydrogens is 587 g/mol. The average molecular weight is 619 g/mol. The van der Waals surface area contributed by atoms with Gasteiger partial charge < -0.3 is 10.2 Å². The zero-order valence-electron chi connectivity index (χ0n) is 23.9. The fourth-order valence-electron chi connectivity index (χ4n) is 4.67. The highest BCUT2D eigenvalue weighted by molar-refractivity contribution is 7.92. The van der Waals surface area contributed by atoms with E-state index in [1.54, 1.807) is 49.4 Å². The molecule has 10 nitrogen and oxygen atoms in total. The van der Waals surface area contributed by atoms with Crippen LogP contribution in [0.3, 0.4) is 0 Å². The van der Waals surface area contributed by atoms with Crippen LogP contribution >= 0.6 is 0 Å². The van der Waals surface area contributed by atoms with E-state index in [9.17, 15) is 32.5 Å². The summed E-state index contributed by atoms with van der Waals surface area (Å²) in [6, 6.07) is 25.8. The molecule has 0 spiro atoms. The van der Waals surface area contributed by atoms with Crippen molar-refractivity contribution >= 4 is 33.2 Å². The van der Waals surface area contributed by atoms with Crippen LogP contribution in [-0.4, -0.2) is 49.2 Å². The molecule has 4 aromatic rings. The number of carbonyl (C=O) groups is 2. The highest BCUT2D eigenvalue weighted by Gasteiger charge is 2.35. The summed E-state index contributed by atoms with van der Waals surface area (Å²) in [5, 5.41) is 14.3. The van der Waals surface area contributed by atoms with Gasteiger partial charge in [-0.2, -0.15) is 0 Å². The highest BCUT2D eigenvalue weighted by atomic mass is 32.2. The molecule has 1 atom stereocenters. The van der Waals surface area contributed by atoms with Crippen LogP contribution in [0.15, 0.2) is 114 Å². The van der Waals surface area contributed by atoms with Gasteiger partial charge >= 0.3 is 0 Å². The minimum Gasteiger partial charge on any atom is -0.355 e. The third-order valence-corrected chi connectivity index (χ3v) is 8.65. The molecule has 4 rings (SSSR count). The summed E-state index contributed by atoms with van der Waals surface area (Å²) in [6.07, 6.45) is 0.0646. The number of halogens is 1. The van der Waals surface area contributed by atoms with E-state index in [1.807, 2.05) is 0 Å². The van der Waals surface area contributed by atoms with Gasteiger partial charge in [-0.1, -0.05) is 72.8 Å². The Morgan fingerprint density at radius 2 is 1.55 bits per heavy atom. The molecule has 0 bridgehead atoms. The monoisotopic (exact) mass is 618 g/mol. The molecule has 1 unspecified atom stereocenters. The van der Waals surface area contributed by atoms with E-state index in [1.165, 1.54) is 60.7 Å². The first kappa shape index (κ1) is 31.8. The van der Waals surface area contributed by atoms with Gasteiger partial charge in [0, 0.05) is 37.2 Å². The van der Waals surface area contributed by atoms with Gasteiger partial charge in [0.25, 0.3) is 15.7 Å². The number of hydrogen-bond acceptors (Lipinski definition) is 6. The van der Waals surface area contributed by atoms with Crippen molar-refractivity contribution in [3.63, 3.8) is 0 Å². The molecule has 0 aliphatic rings. The number of amides is 2. The van der Waals surface area contributed by atoms with Gasteiger partial charge in [0.05, 0.1) is 15.5 Å². The number of benzene rings is 4. The number of non-ortho nitro benzene ring substituents is 1. The standard InChI is InChI=1S/C32H31FN4O6S/c1-2-34-32(39)30(20-24-12-5-3-6-13-24)35(22-25-14-9-10-19-29(25)33)31(38)23-36(26-15-11-16-27(21-26)37(40)41)44(42,43)28-17-7-4-8-18-28/h3-19,21,30H,2,20,22-23H2,1H3,(H,34,39). The topological polar surface area (TPSA) is 130 Å². The van der Waals surface area contributed by atoms with Crippen LogP contribution in [0.5, 0.6) is 0 Å². The molecule has 0 saturated carbocycles. The van der Waals surface area contributed by atoms with Crippen molar-refractivity contribution in [3.8, 4) is 0 Å². The largest absolute Gasteiger partial charge is 0.355 e. The lowest BCUT2D eigenvalue weighted by Crippen LogP contribution is -2.53. The number of likely N-dealkylation sites (N-methyl/N-ethyl adjacent to an activating group) is 1. The minimum atomic E-state index is -4.43. The van der Waals surface area contributed by atoms with Crippen molar-refractivity contribution < 1.29 is 27.3 Å². The Hall–Kier alpha value is -5.10. The molecule has 0 aliphatic carbocycles. The Morgan fingerprint density at radius 3 is 2.18 bits per heavy atom. The first-order valence-electron chi connectivity index (χ1n) is 13.8. The van der Waals surface area contributed by atoms with Gasteiger partial charge in [0.15, 0.2) is 0 Å². The summed E-state index contributed by atoms with van der Waals surface area (Å²) in [5.41, 5.74) is 0.342. The number of carbonyl (C=O) groups excluding carboxylic acids is 2. The van der Waals surface area contributed by atoms with E-state index in [4.69, 9.17) is 0 Å². The summed E-state index contributed by atoms with van der Waals surface area (Å²) in [5.74, 6) is -1.92. The van der Waals surface area contributed by atoms with E-state index < -0.39 is 45.2 Å². The molecule has 0 heterocycles.